The van der Waals surface area contributed by atoms with Crippen LogP contribution in [0.5, 0.6) is 0 Å². The number of hydrogen-bond acceptors (Lipinski definition) is 7. The number of rotatable bonds is 14. The number of likely N-dealkylation sites (tertiary alicyclic amines) is 1. The smallest absolute Gasteiger partial charge is 0.407 e. The van der Waals surface area contributed by atoms with Gasteiger partial charge >= 0.3 is 12.1 Å². The van der Waals surface area contributed by atoms with Crippen LogP contribution >= 0.6 is 0 Å². The van der Waals surface area contributed by atoms with Gasteiger partial charge in [-0.05, 0) is 72.8 Å². The van der Waals surface area contributed by atoms with E-state index in [0.717, 1.165) is 24.0 Å². The maximum absolute atomic E-state index is 14.7. The van der Waals surface area contributed by atoms with Crippen LogP contribution < -0.4 is 27.0 Å². The van der Waals surface area contributed by atoms with E-state index in [-0.39, 0.29) is 36.2 Å². The van der Waals surface area contributed by atoms with Gasteiger partial charge in [0.2, 0.25) is 17.6 Å². The molecular weight excluding hydrogens is 628 g/mol. The summed E-state index contributed by atoms with van der Waals surface area (Å²) in [7, 11) is 0. The van der Waals surface area contributed by atoms with Gasteiger partial charge in [0.15, 0.2) is 0 Å². The fourth-order valence-corrected chi connectivity index (χ4v) is 7.04. The summed E-state index contributed by atoms with van der Waals surface area (Å²) in [6.07, 6.45) is 3.24. The van der Waals surface area contributed by atoms with Gasteiger partial charge in [0, 0.05) is 13.1 Å². The van der Waals surface area contributed by atoms with Crippen LogP contribution in [0.25, 0.3) is 0 Å². The first-order valence-corrected chi connectivity index (χ1v) is 17.6. The molecule has 270 valence electrons. The van der Waals surface area contributed by atoms with Crippen molar-refractivity contribution in [2.75, 3.05) is 19.7 Å². The zero-order valence-electron chi connectivity index (χ0n) is 29.7. The summed E-state index contributed by atoms with van der Waals surface area (Å²) >= 11 is 0. The number of amides is 6. The Kier molecular flexibility index (Phi) is 12.3. The Labute approximate surface area is 289 Å². The molecule has 6 amide bonds. The average Bonchev–Trinajstić information content (AvgIpc) is 3.56. The fourth-order valence-electron chi connectivity index (χ4n) is 7.04. The third-order valence-corrected chi connectivity index (χ3v) is 10.2. The number of nitrogens with zero attached hydrogens (tertiary/aromatic N) is 1. The molecule has 13 heteroatoms. The third-order valence-electron chi connectivity index (χ3n) is 10.2. The zero-order valence-corrected chi connectivity index (χ0v) is 29.7. The van der Waals surface area contributed by atoms with E-state index < -0.39 is 59.3 Å². The van der Waals surface area contributed by atoms with Crippen LogP contribution in [0.3, 0.4) is 0 Å². The van der Waals surface area contributed by atoms with Gasteiger partial charge in [0.05, 0.1) is 12.1 Å². The molecule has 0 bridgehead atoms. The number of nitrogens with two attached hydrogens (primary N) is 1. The predicted molar refractivity (Wildman–Crippen MR) is 183 cm³/mol. The number of carbonyl (C=O) groups excluding carboxylic acids is 6. The molecule has 49 heavy (non-hydrogen) atoms. The lowest BCUT2D eigenvalue weighted by atomic mass is 9.87. The van der Waals surface area contributed by atoms with E-state index in [1.54, 1.807) is 6.92 Å². The topological polar surface area (TPSA) is 189 Å². The Morgan fingerprint density at radius 3 is 2.12 bits per heavy atom. The van der Waals surface area contributed by atoms with Gasteiger partial charge in [-0.1, -0.05) is 71.7 Å². The SMILES string of the molecule is CCNC(=O)OC[C@@H](NC(=O)N[C@H](C(=O)N1CC[C@H](C(C)C)C1C(=O)NC(CC1CC1)C(=O)C(N)=O)C1Cc2ccccc2C1)C(C)(C)C. The van der Waals surface area contributed by atoms with Crippen molar-refractivity contribution < 1.29 is 33.5 Å². The number of ether oxygens (including phenoxy) is 1. The Morgan fingerprint density at radius 2 is 1.59 bits per heavy atom. The second-order valence-corrected chi connectivity index (χ2v) is 15.2. The first-order valence-electron chi connectivity index (χ1n) is 17.6. The summed E-state index contributed by atoms with van der Waals surface area (Å²) in [5.74, 6) is -3.06. The zero-order chi connectivity index (χ0) is 36.0. The predicted octanol–water partition coefficient (Wildman–Crippen LogP) is 2.44. The minimum absolute atomic E-state index is 0.0326. The maximum Gasteiger partial charge on any atom is 0.407 e. The van der Waals surface area contributed by atoms with E-state index in [1.807, 2.05) is 58.9 Å². The number of ketones is 1. The van der Waals surface area contributed by atoms with Crippen LogP contribution in [0.2, 0.25) is 0 Å². The molecule has 2 unspecified atom stereocenters. The molecule has 6 N–H and O–H groups in total. The average molecular weight is 683 g/mol. The molecule has 0 spiro atoms. The van der Waals surface area contributed by atoms with Gasteiger partial charge < -0.3 is 36.6 Å². The Hall–Kier alpha value is -4.16. The molecule has 5 atom stereocenters. The number of fused-ring (bicyclic) bond motifs is 1. The molecule has 4 rings (SSSR count). The van der Waals surface area contributed by atoms with Gasteiger partial charge in [-0.3, -0.25) is 19.2 Å². The first-order chi connectivity index (χ1) is 23.1. The summed E-state index contributed by atoms with van der Waals surface area (Å²) < 4.78 is 5.35. The van der Waals surface area contributed by atoms with Gasteiger partial charge in [0.25, 0.3) is 5.91 Å². The minimum atomic E-state index is -1.10. The normalized spacial score (nSPS) is 20.9. The van der Waals surface area contributed by atoms with Crippen molar-refractivity contribution in [3.05, 3.63) is 35.4 Å². The van der Waals surface area contributed by atoms with Crippen LogP contribution in [0.1, 0.15) is 78.4 Å². The van der Waals surface area contributed by atoms with Crippen molar-refractivity contribution in [3.63, 3.8) is 0 Å². The van der Waals surface area contributed by atoms with Crippen LogP contribution in [0.15, 0.2) is 24.3 Å². The number of urea groups is 1. The van der Waals surface area contributed by atoms with E-state index in [4.69, 9.17) is 10.5 Å². The van der Waals surface area contributed by atoms with E-state index in [9.17, 15) is 28.8 Å². The number of nitrogens with one attached hydrogen (secondary N) is 4. The van der Waals surface area contributed by atoms with Crippen LogP contribution in [-0.2, 0) is 36.8 Å². The summed E-state index contributed by atoms with van der Waals surface area (Å²) in [4.78, 5) is 80.5. The van der Waals surface area contributed by atoms with Gasteiger partial charge in [-0.15, -0.1) is 0 Å². The molecule has 0 radical (unpaired) electrons. The van der Waals surface area contributed by atoms with Gasteiger partial charge in [-0.2, -0.15) is 0 Å². The number of alkyl carbamates (subject to hydrolysis) is 1. The first kappa shape index (κ1) is 37.7. The Bertz CT molecular complexity index is 1380. The van der Waals surface area contributed by atoms with Gasteiger partial charge in [-0.25, -0.2) is 9.59 Å². The Morgan fingerprint density at radius 1 is 0.959 bits per heavy atom. The molecule has 0 aromatic heterocycles. The maximum atomic E-state index is 14.7. The van der Waals surface area contributed by atoms with Gasteiger partial charge in [0.1, 0.15) is 18.7 Å². The number of carbonyl (C=O) groups is 6. The van der Waals surface area contributed by atoms with E-state index >= 15 is 0 Å². The standard InChI is InChI=1S/C36H54N6O7/c1-7-38-35(48)49-19-27(36(4,5)6)40-34(47)41-28(24-17-22-10-8-9-11-23(22)18-24)33(46)42-15-14-25(20(2)3)29(42)32(45)39-26(16-21-12-13-21)30(43)31(37)44/h8-11,20-21,24-29H,7,12-19H2,1-6H3,(H2,37,44)(H,38,48)(H,39,45)(H2,40,41,47)/t25-,26?,27-,28+,29?/m1/s1. The quantitative estimate of drug-likeness (QED) is 0.186. The third kappa shape index (κ3) is 9.72. The highest BCUT2D eigenvalue weighted by Gasteiger charge is 2.48. The van der Waals surface area contributed by atoms with Crippen LogP contribution in [0.4, 0.5) is 9.59 Å². The Balaban J connectivity index is 1.59. The molecule has 13 nitrogen and oxygen atoms in total. The summed E-state index contributed by atoms with van der Waals surface area (Å²) in [5, 5.41) is 11.2. The molecule has 1 aliphatic heterocycles. The van der Waals surface area contributed by atoms with Crippen molar-refractivity contribution in [2.24, 2.45) is 34.8 Å². The van der Waals surface area contributed by atoms with E-state index in [0.29, 0.717) is 38.8 Å². The van der Waals surface area contributed by atoms with E-state index in [1.165, 1.54) is 4.90 Å². The molecule has 1 saturated carbocycles. The number of benzene rings is 1. The second kappa shape index (κ2) is 16.0. The van der Waals surface area contributed by atoms with Crippen molar-refractivity contribution >= 4 is 35.6 Å². The fraction of sp³-hybridized carbons (Fsp3) is 0.667. The van der Waals surface area contributed by atoms with E-state index in [2.05, 4.69) is 21.3 Å². The molecule has 1 aromatic carbocycles. The molecule has 2 fully saturated rings. The minimum Gasteiger partial charge on any atom is -0.447 e. The lowest BCUT2D eigenvalue weighted by molar-refractivity contribution is -0.143. The highest BCUT2D eigenvalue weighted by Crippen LogP contribution is 2.36. The summed E-state index contributed by atoms with van der Waals surface area (Å²) in [5.41, 5.74) is 7.04. The molecule has 1 aromatic rings. The molecular formula is C36H54N6O7. The largest absolute Gasteiger partial charge is 0.447 e. The molecule has 1 saturated heterocycles. The van der Waals surface area contributed by atoms with Crippen LogP contribution in [0, 0.1) is 29.1 Å². The van der Waals surface area contributed by atoms with Crippen molar-refractivity contribution in [1.29, 1.82) is 0 Å². The lowest BCUT2D eigenvalue weighted by Crippen LogP contribution is -2.61. The number of hydrogen-bond donors (Lipinski definition) is 5. The second-order valence-electron chi connectivity index (χ2n) is 15.2. The molecule has 3 aliphatic rings. The highest BCUT2D eigenvalue weighted by molar-refractivity contribution is 6.37. The van der Waals surface area contributed by atoms with Crippen LogP contribution in [-0.4, -0.2) is 84.4 Å². The summed E-state index contributed by atoms with van der Waals surface area (Å²) in [6, 6.07) is 3.82. The number of primary amides is 1. The molecule has 2 aliphatic carbocycles. The monoisotopic (exact) mass is 682 g/mol. The number of Topliss-reactive ketones (excluding diaryl/α,β-unsaturated/α-hetero) is 1. The van der Waals surface area contributed by atoms with Crippen molar-refractivity contribution in [1.82, 2.24) is 26.2 Å². The lowest BCUT2D eigenvalue weighted by Gasteiger charge is -2.35. The van der Waals surface area contributed by atoms with Crippen molar-refractivity contribution in [2.45, 2.75) is 104 Å². The summed E-state index contributed by atoms with van der Waals surface area (Å²) in [6.45, 7) is 12.1. The highest BCUT2D eigenvalue weighted by atomic mass is 16.5. The molecule has 1 heterocycles. The van der Waals surface area contributed by atoms with Crippen molar-refractivity contribution in [3.8, 4) is 0 Å².